The Morgan fingerprint density at radius 3 is 2.30 bits per heavy atom. The highest BCUT2D eigenvalue weighted by Gasteiger charge is 2.23. The second-order valence-corrected chi connectivity index (χ2v) is 6.83. The summed E-state index contributed by atoms with van der Waals surface area (Å²) in [5.41, 5.74) is 0. The van der Waals surface area contributed by atoms with Crippen molar-refractivity contribution in [2.24, 2.45) is 0 Å². The maximum Gasteiger partial charge on any atom is 0.267 e. The molecule has 0 aliphatic heterocycles. The number of unbranched alkanes of at least 4 members (excludes halogenated alkanes) is 1. The number of halogens is 1. The average molecular weight is 160 g/mol. The Hall–Kier alpha value is -0.113. The molecule has 0 radical (unpaired) electrons. The van der Waals surface area contributed by atoms with Gasteiger partial charge in [0.2, 0.25) is 0 Å². The molecule has 0 saturated heterocycles. The van der Waals surface area contributed by atoms with Crippen LogP contribution in [-0.2, 0) is 0 Å². The smallest absolute Gasteiger partial charge is 0.267 e. The molecule has 0 aromatic heterocycles. The lowest BCUT2D eigenvalue weighted by atomic mass is 10.2. The van der Waals surface area contributed by atoms with Crippen molar-refractivity contribution in [1.82, 2.24) is 0 Å². The van der Waals surface area contributed by atoms with E-state index in [1.807, 2.05) is 0 Å². The fourth-order valence-corrected chi connectivity index (χ4v) is 1.46. The topological polar surface area (TPSA) is 0 Å². The van der Waals surface area contributed by atoms with Gasteiger partial charge in [-0.25, -0.2) is 0 Å². The van der Waals surface area contributed by atoms with Crippen LogP contribution in [0.15, 0.2) is 11.8 Å². The zero-order valence-corrected chi connectivity index (χ0v) is 8.21. The lowest BCUT2D eigenvalue weighted by Crippen LogP contribution is -2.21. The van der Waals surface area contributed by atoms with Gasteiger partial charge in [0.05, 0.1) is 0 Å². The molecular formula is C8H17FSi. The molecule has 0 aromatic carbocycles. The van der Waals surface area contributed by atoms with Crippen LogP contribution >= 0.6 is 0 Å². The lowest BCUT2D eigenvalue weighted by Gasteiger charge is -2.13. The molecule has 0 N–H and O–H groups in total. The third kappa shape index (κ3) is 3.83. The van der Waals surface area contributed by atoms with E-state index in [0.717, 1.165) is 24.5 Å². The highest BCUT2D eigenvalue weighted by Crippen LogP contribution is 2.19. The number of allylic oxidation sites excluding steroid dienone is 1. The number of hydrogen-bond acceptors (Lipinski definition) is 0. The summed E-state index contributed by atoms with van der Waals surface area (Å²) in [7, 11) is -2.49. The normalized spacial score (nSPS) is 11.6. The van der Waals surface area contributed by atoms with E-state index in [0.29, 0.717) is 0 Å². The van der Waals surface area contributed by atoms with Gasteiger partial charge in [-0.15, -0.1) is 6.58 Å². The minimum Gasteiger partial charge on any atom is -0.309 e. The summed E-state index contributed by atoms with van der Waals surface area (Å²) in [5.74, 6) is 0. The largest absolute Gasteiger partial charge is 0.309 e. The molecule has 0 unspecified atom stereocenters. The molecule has 60 valence electrons. The van der Waals surface area contributed by atoms with Crippen LogP contribution in [0.3, 0.4) is 0 Å². The second-order valence-electron chi connectivity index (χ2n) is 3.18. The Kier molecular flexibility index (Phi) is 3.87. The Labute approximate surface area is 64.3 Å². The SMILES string of the molecule is C=C(CCCC)[Si](C)(C)F. The Balaban J connectivity index is 3.64. The van der Waals surface area contributed by atoms with Gasteiger partial charge in [-0.05, 0) is 19.5 Å². The Bertz CT molecular complexity index is 113. The molecule has 2 heteroatoms. The van der Waals surface area contributed by atoms with Crippen molar-refractivity contribution < 1.29 is 4.11 Å². The molecule has 0 heterocycles. The molecule has 0 aromatic rings. The molecule has 0 atom stereocenters. The van der Waals surface area contributed by atoms with Gasteiger partial charge in [-0.1, -0.05) is 25.0 Å². The molecule has 10 heavy (non-hydrogen) atoms. The van der Waals surface area contributed by atoms with Gasteiger partial charge >= 0.3 is 0 Å². The van der Waals surface area contributed by atoms with E-state index >= 15 is 0 Å². The van der Waals surface area contributed by atoms with Crippen molar-refractivity contribution >= 4 is 8.41 Å². The highest BCUT2D eigenvalue weighted by atomic mass is 28.4. The van der Waals surface area contributed by atoms with E-state index in [1.165, 1.54) is 0 Å². The van der Waals surface area contributed by atoms with Crippen molar-refractivity contribution in [3.63, 3.8) is 0 Å². The zero-order valence-electron chi connectivity index (χ0n) is 7.21. The van der Waals surface area contributed by atoms with Crippen LogP contribution in [-0.4, -0.2) is 8.41 Å². The predicted octanol–water partition coefficient (Wildman–Crippen LogP) is 3.45. The van der Waals surface area contributed by atoms with E-state index in [-0.39, 0.29) is 0 Å². The standard InChI is InChI=1S/C8H17FSi/c1-5-6-7-8(2)10(3,4)9/h2,5-7H2,1,3-4H3. The van der Waals surface area contributed by atoms with Gasteiger partial charge in [-0.3, -0.25) is 0 Å². The fraction of sp³-hybridized carbons (Fsp3) is 0.750. The quantitative estimate of drug-likeness (QED) is 0.436. The summed E-state index contributed by atoms with van der Waals surface area (Å²) >= 11 is 0. The van der Waals surface area contributed by atoms with Crippen molar-refractivity contribution in [1.29, 1.82) is 0 Å². The molecule has 0 aliphatic carbocycles. The summed E-state index contributed by atoms with van der Waals surface area (Å²) in [6, 6.07) is 0. The number of hydrogen-bond donors (Lipinski definition) is 0. The first-order valence-electron chi connectivity index (χ1n) is 3.85. The van der Waals surface area contributed by atoms with Gasteiger partial charge in [0.25, 0.3) is 8.41 Å². The summed E-state index contributed by atoms with van der Waals surface area (Å²) in [6.45, 7) is 9.26. The maximum absolute atomic E-state index is 13.1. The minimum atomic E-state index is -2.49. The van der Waals surface area contributed by atoms with E-state index in [1.54, 1.807) is 13.1 Å². The van der Waals surface area contributed by atoms with Crippen LogP contribution < -0.4 is 0 Å². The van der Waals surface area contributed by atoms with Gasteiger partial charge in [0.1, 0.15) is 0 Å². The molecule has 0 aliphatic rings. The molecule has 0 spiro atoms. The van der Waals surface area contributed by atoms with Gasteiger partial charge in [-0.2, -0.15) is 0 Å². The van der Waals surface area contributed by atoms with Gasteiger partial charge in [0, 0.05) is 0 Å². The summed E-state index contributed by atoms with van der Waals surface area (Å²) in [5, 5.41) is 0.856. The van der Waals surface area contributed by atoms with Crippen LogP contribution in [0.4, 0.5) is 4.11 Å². The summed E-state index contributed by atoms with van der Waals surface area (Å²) in [6.07, 6.45) is 3.09. The van der Waals surface area contributed by atoms with Crippen LogP contribution in [0, 0.1) is 0 Å². The van der Waals surface area contributed by atoms with Crippen LogP contribution in [0.5, 0.6) is 0 Å². The van der Waals surface area contributed by atoms with Crippen molar-refractivity contribution in [3.05, 3.63) is 11.8 Å². The Morgan fingerprint density at radius 1 is 1.50 bits per heavy atom. The summed E-state index contributed by atoms with van der Waals surface area (Å²) < 4.78 is 13.1. The van der Waals surface area contributed by atoms with Crippen LogP contribution in [0.25, 0.3) is 0 Å². The minimum absolute atomic E-state index is 0.856. The van der Waals surface area contributed by atoms with Crippen molar-refractivity contribution in [2.45, 2.75) is 39.3 Å². The lowest BCUT2D eigenvalue weighted by molar-refractivity contribution is 0.762. The fourth-order valence-electron chi connectivity index (χ4n) is 0.687. The molecule has 0 saturated carbocycles. The molecule has 0 nitrogen and oxygen atoms in total. The second kappa shape index (κ2) is 3.91. The van der Waals surface area contributed by atoms with E-state index in [9.17, 15) is 4.11 Å². The van der Waals surface area contributed by atoms with Gasteiger partial charge in [0.15, 0.2) is 0 Å². The first kappa shape index (κ1) is 9.89. The van der Waals surface area contributed by atoms with Crippen LogP contribution in [0.1, 0.15) is 26.2 Å². The van der Waals surface area contributed by atoms with E-state index < -0.39 is 8.41 Å². The molecule has 0 fully saturated rings. The van der Waals surface area contributed by atoms with Gasteiger partial charge < -0.3 is 4.11 Å². The van der Waals surface area contributed by atoms with E-state index in [4.69, 9.17) is 0 Å². The third-order valence-corrected chi connectivity index (χ3v) is 3.60. The van der Waals surface area contributed by atoms with Crippen molar-refractivity contribution in [2.75, 3.05) is 0 Å². The molecule has 0 bridgehead atoms. The monoisotopic (exact) mass is 160 g/mol. The average Bonchev–Trinajstić information content (AvgIpc) is 1.80. The maximum atomic E-state index is 13.1. The molecule has 0 amide bonds. The third-order valence-electron chi connectivity index (χ3n) is 1.67. The first-order valence-corrected chi connectivity index (χ1v) is 6.73. The Morgan fingerprint density at radius 2 is 2.00 bits per heavy atom. The molecular weight excluding hydrogens is 143 g/mol. The van der Waals surface area contributed by atoms with Crippen LogP contribution in [0.2, 0.25) is 13.1 Å². The predicted molar refractivity (Wildman–Crippen MR) is 47.3 cm³/mol. The van der Waals surface area contributed by atoms with Crippen molar-refractivity contribution in [3.8, 4) is 0 Å². The summed E-state index contributed by atoms with van der Waals surface area (Å²) in [4.78, 5) is 0. The first-order chi connectivity index (χ1) is 4.48. The molecule has 0 rings (SSSR count). The number of rotatable bonds is 4. The zero-order chi connectivity index (χ0) is 8.20. The highest BCUT2D eigenvalue weighted by molar-refractivity contribution is 6.77. The van der Waals surface area contributed by atoms with E-state index in [2.05, 4.69) is 13.5 Å².